The first kappa shape index (κ1) is 22.5. The lowest BCUT2D eigenvalue weighted by Crippen LogP contribution is -2.45. The summed E-state index contributed by atoms with van der Waals surface area (Å²) in [6, 6.07) is 12.9. The molecule has 1 atom stereocenters. The van der Waals surface area contributed by atoms with Crippen molar-refractivity contribution in [3.05, 3.63) is 71.0 Å². The molecule has 7 heteroatoms. The minimum absolute atomic E-state index is 0.354. The molecular weight excluding hydrogens is 397 g/mol. The van der Waals surface area contributed by atoms with Crippen LogP contribution in [0.25, 0.3) is 0 Å². The second kappa shape index (κ2) is 9.73. The average molecular weight is 426 g/mol. The van der Waals surface area contributed by atoms with Gasteiger partial charge in [0.05, 0.1) is 0 Å². The van der Waals surface area contributed by atoms with Crippen LogP contribution in [0.4, 0.5) is 9.18 Å². The van der Waals surface area contributed by atoms with E-state index in [0.29, 0.717) is 31.4 Å². The summed E-state index contributed by atoms with van der Waals surface area (Å²) in [5.74, 6) is -1.30. The lowest BCUT2D eigenvalue weighted by molar-refractivity contribution is -0.135. The molecule has 0 radical (unpaired) electrons. The second-order valence-electron chi connectivity index (χ2n) is 7.86. The van der Waals surface area contributed by atoms with Crippen LogP contribution in [0.3, 0.4) is 0 Å². The van der Waals surface area contributed by atoms with Crippen LogP contribution >= 0.6 is 0 Å². The smallest absolute Gasteiger partial charge is 0.325 e. The Morgan fingerprint density at radius 2 is 1.84 bits per heavy atom. The van der Waals surface area contributed by atoms with Crippen LogP contribution in [0.5, 0.6) is 0 Å². The molecule has 3 rings (SSSR count). The van der Waals surface area contributed by atoms with Crippen molar-refractivity contribution in [1.82, 2.24) is 15.5 Å². The van der Waals surface area contributed by atoms with Gasteiger partial charge in [-0.15, -0.1) is 0 Å². The van der Waals surface area contributed by atoms with Crippen LogP contribution < -0.4 is 10.6 Å². The number of hydrogen-bond acceptors (Lipinski definition) is 3. The number of urea groups is 1. The number of aryl methyl sites for hydroxylation is 1. The van der Waals surface area contributed by atoms with Crippen molar-refractivity contribution < 1.29 is 18.8 Å². The number of halogens is 1. The van der Waals surface area contributed by atoms with E-state index in [2.05, 4.69) is 10.6 Å². The standard InChI is InChI=1S/C24H28FN3O3/c1-3-4-14-24(19-9-11-20(25)12-10-19)22(30)28(23(31)27-24)16-21(29)26-15-13-18-8-6-5-7-17(18)2/h5-12H,3-4,13-16H2,1-2H3,(H,26,29)(H,27,31). The molecule has 31 heavy (non-hydrogen) atoms. The number of imide groups is 1. The maximum atomic E-state index is 13.4. The van der Waals surface area contributed by atoms with Gasteiger partial charge in [-0.3, -0.25) is 14.5 Å². The molecule has 0 aromatic heterocycles. The summed E-state index contributed by atoms with van der Waals surface area (Å²) in [5.41, 5.74) is 1.52. The van der Waals surface area contributed by atoms with Gasteiger partial charge in [0.15, 0.2) is 0 Å². The van der Waals surface area contributed by atoms with Gasteiger partial charge in [0.2, 0.25) is 5.91 Å². The second-order valence-corrected chi connectivity index (χ2v) is 7.86. The largest absolute Gasteiger partial charge is 0.354 e. The SMILES string of the molecule is CCCCC1(c2ccc(F)cc2)NC(=O)N(CC(=O)NCCc2ccccc2C)C1=O. The summed E-state index contributed by atoms with van der Waals surface area (Å²) in [4.78, 5) is 39.3. The van der Waals surface area contributed by atoms with Gasteiger partial charge in [-0.1, -0.05) is 56.2 Å². The van der Waals surface area contributed by atoms with E-state index in [4.69, 9.17) is 0 Å². The molecule has 0 bridgehead atoms. The molecule has 4 amide bonds. The monoisotopic (exact) mass is 425 g/mol. The van der Waals surface area contributed by atoms with E-state index in [1.165, 1.54) is 24.3 Å². The van der Waals surface area contributed by atoms with Gasteiger partial charge in [0, 0.05) is 6.54 Å². The van der Waals surface area contributed by atoms with Gasteiger partial charge in [-0.05, 0) is 48.6 Å². The number of rotatable bonds is 9. The lowest BCUT2D eigenvalue weighted by atomic mass is 9.85. The first-order valence-electron chi connectivity index (χ1n) is 10.6. The van der Waals surface area contributed by atoms with E-state index < -0.39 is 29.2 Å². The first-order chi connectivity index (χ1) is 14.9. The summed E-state index contributed by atoms with van der Waals surface area (Å²) in [5, 5.41) is 5.55. The van der Waals surface area contributed by atoms with Crippen LogP contribution in [-0.2, 0) is 21.5 Å². The molecule has 6 nitrogen and oxygen atoms in total. The van der Waals surface area contributed by atoms with Crippen molar-refractivity contribution in [2.75, 3.05) is 13.1 Å². The molecule has 1 saturated heterocycles. The molecule has 0 spiro atoms. The molecule has 1 heterocycles. The van der Waals surface area contributed by atoms with Crippen LogP contribution in [0, 0.1) is 12.7 Å². The molecule has 1 fully saturated rings. The van der Waals surface area contributed by atoms with Crippen LogP contribution in [0.1, 0.15) is 42.9 Å². The number of nitrogens with zero attached hydrogens (tertiary/aromatic N) is 1. The molecule has 1 aliphatic heterocycles. The summed E-state index contributed by atoms with van der Waals surface area (Å²) in [6.45, 7) is 4.05. The van der Waals surface area contributed by atoms with E-state index >= 15 is 0 Å². The Hall–Kier alpha value is -3.22. The summed E-state index contributed by atoms with van der Waals surface area (Å²) in [6.07, 6.45) is 2.56. The quantitative estimate of drug-likeness (QED) is 0.604. The van der Waals surface area contributed by atoms with Crippen LogP contribution in [-0.4, -0.2) is 35.8 Å². The van der Waals surface area contributed by atoms with Gasteiger partial charge in [0.1, 0.15) is 17.9 Å². The predicted octanol–water partition coefficient (Wildman–Crippen LogP) is 3.43. The van der Waals surface area contributed by atoms with Crippen molar-refractivity contribution in [1.29, 1.82) is 0 Å². The normalized spacial score (nSPS) is 18.2. The zero-order chi connectivity index (χ0) is 22.4. The van der Waals surface area contributed by atoms with Crippen molar-refractivity contribution in [3.8, 4) is 0 Å². The minimum atomic E-state index is -1.28. The van der Waals surface area contributed by atoms with E-state index in [0.717, 1.165) is 22.4 Å². The first-order valence-corrected chi connectivity index (χ1v) is 10.6. The van der Waals surface area contributed by atoms with Crippen LogP contribution in [0.15, 0.2) is 48.5 Å². The van der Waals surface area contributed by atoms with Gasteiger partial charge in [0.25, 0.3) is 5.91 Å². The fourth-order valence-electron chi connectivity index (χ4n) is 3.88. The number of carbonyl (C=O) groups is 3. The third kappa shape index (κ3) is 4.93. The van der Waals surface area contributed by atoms with Gasteiger partial charge in [-0.2, -0.15) is 0 Å². The Kier molecular flexibility index (Phi) is 7.05. The highest BCUT2D eigenvalue weighted by atomic mass is 19.1. The average Bonchev–Trinajstić information content (AvgIpc) is 2.99. The molecular formula is C24H28FN3O3. The van der Waals surface area contributed by atoms with E-state index in [1.807, 2.05) is 38.1 Å². The Bertz CT molecular complexity index is 961. The molecule has 2 aromatic carbocycles. The number of amides is 4. The maximum absolute atomic E-state index is 13.4. The van der Waals surface area contributed by atoms with Gasteiger partial charge >= 0.3 is 6.03 Å². The molecule has 2 aromatic rings. The molecule has 164 valence electrons. The molecule has 1 unspecified atom stereocenters. The van der Waals surface area contributed by atoms with Gasteiger partial charge < -0.3 is 10.6 Å². The van der Waals surface area contributed by atoms with Crippen molar-refractivity contribution in [2.45, 2.75) is 45.1 Å². The number of unbranched alkanes of at least 4 members (excludes halogenated alkanes) is 1. The Labute approximate surface area is 181 Å². The topological polar surface area (TPSA) is 78.5 Å². The molecule has 0 aliphatic carbocycles. The Morgan fingerprint density at radius 3 is 2.52 bits per heavy atom. The molecule has 0 saturated carbocycles. The van der Waals surface area contributed by atoms with E-state index in [1.54, 1.807) is 0 Å². The van der Waals surface area contributed by atoms with E-state index in [-0.39, 0.29) is 6.54 Å². The van der Waals surface area contributed by atoms with Crippen molar-refractivity contribution in [2.24, 2.45) is 0 Å². The van der Waals surface area contributed by atoms with Gasteiger partial charge in [-0.25, -0.2) is 9.18 Å². The number of carbonyl (C=O) groups excluding carboxylic acids is 3. The number of nitrogens with one attached hydrogen (secondary N) is 2. The summed E-state index contributed by atoms with van der Waals surface area (Å²) < 4.78 is 13.4. The van der Waals surface area contributed by atoms with Crippen LogP contribution in [0.2, 0.25) is 0 Å². The Balaban J connectivity index is 1.68. The zero-order valence-electron chi connectivity index (χ0n) is 17.9. The third-order valence-corrected chi connectivity index (χ3v) is 5.70. The predicted molar refractivity (Wildman–Crippen MR) is 116 cm³/mol. The van der Waals surface area contributed by atoms with Crippen molar-refractivity contribution >= 4 is 17.8 Å². The summed E-state index contributed by atoms with van der Waals surface area (Å²) >= 11 is 0. The number of benzene rings is 2. The lowest BCUT2D eigenvalue weighted by Gasteiger charge is -2.27. The molecule has 2 N–H and O–H groups in total. The maximum Gasteiger partial charge on any atom is 0.325 e. The Morgan fingerprint density at radius 1 is 1.13 bits per heavy atom. The minimum Gasteiger partial charge on any atom is -0.354 e. The molecule has 1 aliphatic rings. The highest BCUT2D eigenvalue weighted by molar-refractivity contribution is 6.09. The van der Waals surface area contributed by atoms with E-state index in [9.17, 15) is 18.8 Å². The fraction of sp³-hybridized carbons (Fsp3) is 0.375. The zero-order valence-corrected chi connectivity index (χ0v) is 17.9. The van der Waals surface area contributed by atoms with Crippen molar-refractivity contribution in [3.63, 3.8) is 0 Å². The highest BCUT2D eigenvalue weighted by Gasteiger charge is 2.52. The third-order valence-electron chi connectivity index (χ3n) is 5.70. The number of hydrogen-bond donors (Lipinski definition) is 2. The fourth-order valence-corrected chi connectivity index (χ4v) is 3.88. The highest BCUT2D eigenvalue weighted by Crippen LogP contribution is 2.34. The summed E-state index contributed by atoms with van der Waals surface area (Å²) in [7, 11) is 0.